The van der Waals surface area contributed by atoms with Crippen LogP contribution < -0.4 is 9.47 Å². The molecule has 4 heterocycles. The highest BCUT2D eigenvalue weighted by Crippen LogP contribution is 2.52. The number of methoxy groups -OCH3 is 2. The molecule has 0 radical (unpaired) electrons. The second-order valence-corrected chi connectivity index (χ2v) is 11.1. The van der Waals surface area contributed by atoms with Crippen LogP contribution >= 0.6 is 0 Å². The van der Waals surface area contributed by atoms with Crippen LogP contribution in [0.4, 0.5) is 0 Å². The number of hydrogen-bond donors (Lipinski definition) is 1. The zero-order chi connectivity index (χ0) is 28.8. The van der Waals surface area contributed by atoms with Gasteiger partial charge in [-0.1, -0.05) is 37.6 Å². The standard InChI is InChI=1S/C31H37NO8/c1-18(13-19(2)28-20(3)25-11-12-31(17-38-31)30(4,39-25)40-28)7-10-23(33)27-24(34)16-32(29(27)35)15-21-8-9-22(36-5)14-26(21)37-6/h7-14,19-20,25,28,33H,15-17H2,1-6H3/b10-7+,18-13+,27-23+/t19-,20-,25+,28-,30+,31+/m0/s1. The Bertz CT molecular complexity index is 1320. The van der Waals surface area contributed by atoms with Crippen molar-refractivity contribution in [2.24, 2.45) is 11.8 Å². The molecule has 214 valence electrons. The number of aliphatic hydroxyl groups excluding tert-OH is 1. The van der Waals surface area contributed by atoms with Gasteiger partial charge in [0.05, 0.1) is 46.1 Å². The van der Waals surface area contributed by atoms with E-state index in [0.29, 0.717) is 18.1 Å². The van der Waals surface area contributed by atoms with Gasteiger partial charge in [-0.25, -0.2) is 0 Å². The number of aliphatic hydroxyl groups is 1. The van der Waals surface area contributed by atoms with Crippen LogP contribution in [0, 0.1) is 11.8 Å². The van der Waals surface area contributed by atoms with Gasteiger partial charge in [-0.2, -0.15) is 0 Å². The zero-order valence-corrected chi connectivity index (χ0v) is 23.8. The van der Waals surface area contributed by atoms with Crippen LogP contribution in [0.15, 0.2) is 65.5 Å². The number of carbonyl (C=O) groups is 2. The van der Waals surface area contributed by atoms with E-state index in [0.717, 1.165) is 11.1 Å². The molecular formula is C31H37NO8. The number of fused-ring (bicyclic) bond motifs is 3. The molecule has 5 rings (SSSR count). The van der Waals surface area contributed by atoms with Gasteiger partial charge in [0.1, 0.15) is 22.8 Å². The quantitative estimate of drug-likeness (QED) is 0.129. The lowest BCUT2D eigenvalue weighted by atomic mass is 9.82. The maximum absolute atomic E-state index is 13.1. The normalized spacial score (nSPS) is 33.6. The summed E-state index contributed by atoms with van der Waals surface area (Å²) >= 11 is 0. The number of amides is 1. The Labute approximate surface area is 234 Å². The van der Waals surface area contributed by atoms with Crippen LogP contribution in [-0.2, 0) is 30.3 Å². The molecule has 0 unspecified atom stereocenters. The molecule has 4 aliphatic heterocycles. The van der Waals surface area contributed by atoms with Crippen molar-refractivity contribution >= 4 is 11.7 Å². The van der Waals surface area contributed by atoms with Gasteiger partial charge in [-0.15, -0.1) is 0 Å². The molecular weight excluding hydrogens is 514 g/mol. The largest absolute Gasteiger partial charge is 0.507 e. The van der Waals surface area contributed by atoms with Crippen LogP contribution in [0.3, 0.4) is 0 Å². The number of likely N-dealkylation sites (tertiary alicyclic amines) is 1. The van der Waals surface area contributed by atoms with E-state index in [1.165, 1.54) is 18.1 Å². The lowest BCUT2D eigenvalue weighted by Crippen LogP contribution is -2.61. The van der Waals surface area contributed by atoms with Crippen LogP contribution in [0.5, 0.6) is 11.5 Å². The predicted molar refractivity (Wildman–Crippen MR) is 147 cm³/mol. The highest BCUT2D eigenvalue weighted by atomic mass is 16.8. The summed E-state index contributed by atoms with van der Waals surface area (Å²) in [5.74, 6) is -0.796. The fraction of sp³-hybridized carbons (Fsp3) is 0.484. The molecule has 0 aromatic heterocycles. The molecule has 1 spiro atoms. The Morgan fingerprint density at radius 1 is 1.23 bits per heavy atom. The Hall–Kier alpha value is -3.40. The summed E-state index contributed by atoms with van der Waals surface area (Å²) in [6.45, 7) is 8.67. The van der Waals surface area contributed by atoms with Crippen molar-refractivity contribution in [3.8, 4) is 11.5 Å². The molecule has 3 saturated heterocycles. The third kappa shape index (κ3) is 4.98. The average molecular weight is 552 g/mol. The molecule has 4 aliphatic rings. The van der Waals surface area contributed by atoms with Crippen LogP contribution in [-0.4, -0.2) is 72.7 Å². The SMILES string of the molecule is COc1ccc(CN2CC(=O)/C(=C(O)/C=C/C(C)=C/[C@H](C)[C@@H]3O[C@@]4(C)O[C@H](C=C[C@@]45CO5)[C@@H]3C)C2=O)c(OC)c1. The first-order valence-corrected chi connectivity index (χ1v) is 13.5. The van der Waals surface area contributed by atoms with E-state index in [9.17, 15) is 14.7 Å². The van der Waals surface area contributed by atoms with E-state index in [2.05, 4.69) is 32.1 Å². The summed E-state index contributed by atoms with van der Waals surface area (Å²) < 4.78 is 29.0. The number of ketones is 1. The second kappa shape index (κ2) is 10.5. The van der Waals surface area contributed by atoms with Gasteiger partial charge in [0.25, 0.3) is 5.91 Å². The molecule has 1 amide bonds. The van der Waals surface area contributed by atoms with Crippen molar-refractivity contribution < 1.29 is 38.4 Å². The Kier molecular flexibility index (Phi) is 7.41. The van der Waals surface area contributed by atoms with Gasteiger partial charge in [0.15, 0.2) is 11.4 Å². The minimum atomic E-state index is -0.830. The summed E-state index contributed by atoms with van der Waals surface area (Å²) in [5, 5.41) is 10.7. The minimum absolute atomic E-state index is 0.0344. The van der Waals surface area contributed by atoms with Crippen molar-refractivity contribution in [3.63, 3.8) is 0 Å². The van der Waals surface area contributed by atoms with E-state index in [1.807, 2.05) is 13.8 Å². The lowest BCUT2D eigenvalue weighted by Gasteiger charge is -2.51. The fourth-order valence-electron chi connectivity index (χ4n) is 5.82. The number of rotatable bonds is 8. The zero-order valence-electron chi connectivity index (χ0n) is 23.8. The van der Waals surface area contributed by atoms with Crippen molar-refractivity contribution in [1.82, 2.24) is 4.90 Å². The molecule has 1 aromatic rings. The third-order valence-corrected chi connectivity index (χ3v) is 8.31. The Balaban J connectivity index is 1.27. The third-order valence-electron chi connectivity index (χ3n) is 8.31. The molecule has 6 atom stereocenters. The summed E-state index contributed by atoms with van der Waals surface area (Å²) in [4.78, 5) is 27.2. The summed E-state index contributed by atoms with van der Waals surface area (Å²) in [6, 6.07) is 5.27. The van der Waals surface area contributed by atoms with Crippen LogP contribution in [0.1, 0.15) is 33.3 Å². The molecule has 9 nitrogen and oxygen atoms in total. The molecule has 0 saturated carbocycles. The fourth-order valence-corrected chi connectivity index (χ4v) is 5.82. The van der Waals surface area contributed by atoms with Crippen molar-refractivity contribution in [2.75, 3.05) is 27.4 Å². The van der Waals surface area contributed by atoms with Crippen LogP contribution in [0.2, 0.25) is 0 Å². The number of nitrogens with zero attached hydrogens (tertiary/aromatic N) is 1. The maximum Gasteiger partial charge on any atom is 0.262 e. The summed E-state index contributed by atoms with van der Waals surface area (Å²) in [7, 11) is 3.09. The molecule has 0 aliphatic carbocycles. The molecule has 1 aromatic carbocycles. The second-order valence-electron chi connectivity index (χ2n) is 11.1. The van der Waals surface area contributed by atoms with E-state index in [-0.39, 0.29) is 48.5 Å². The summed E-state index contributed by atoms with van der Waals surface area (Å²) in [5.41, 5.74) is 0.868. The first-order chi connectivity index (χ1) is 19.0. The minimum Gasteiger partial charge on any atom is -0.507 e. The van der Waals surface area contributed by atoms with Crippen molar-refractivity contribution in [1.29, 1.82) is 0 Å². The lowest BCUT2D eigenvalue weighted by molar-refractivity contribution is -0.346. The van der Waals surface area contributed by atoms with Gasteiger partial charge in [0.2, 0.25) is 5.79 Å². The topological polar surface area (TPSA) is 107 Å². The first-order valence-electron chi connectivity index (χ1n) is 13.5. The summed E-state index contributed by atoms with van der Waals surface area (Å²) in [6.07, 6.45) is 9.15. The van der Waals surface area contributed by atoms with Crippen LogP contribution in [0.25, 0.3) is 0 Å². The van der Waals surface area contributed by atoms with Gasteiger partial charge in [-0.3, -0.25) is 9.59 Å². The molecule has 40 heavy (non-hydrogen) atoms. The van der Waals surface area contributed by atoms with Gasteiger partial charge in [-0.05, 0) is 38.1 Å². The van der Waals surface area contributed by atoms with E-state index in [4.69, 9.17) is 23.7 Å². The smallest absolute Gasteiger partial charge is 0.262 e. The molecule has 1 N–H and O–H groups in total. The Morgan fingerprint density at radius 2 is 1.98 bits per heavy atom. The average Bonchev–Trinajstić information content (AvgIpc) is 3.67. The highest BCUT2D eigenvalue weighted by molar-refractivity contribution is 6.25. The number of benzene rings is 1. The number of allylic oxidation sites excluding steroid dienone is 3. The number of ether oxygens (including phenoxy) is 5. The molecule has 2 bridgehead atoms. The Morgan fingerprint density at radius 3 is 2.65 bits per heavy atom. The number of epoxide rings is 1. The molecule has 9 heteroatoms. The van der Waals surface area contributed by atoms with Gasteiger partial charge < -0.3 is 33.7 Å². The highest BCUT2D eigenvalue weighted by Gasteiger charge is 2.65. The number of Topliss-reactive ketones (excluding diaryl/α,β-unsaturated/α-hetero) is 1. The maximum atomic E-state index is 13.1. The number of hydrogen-bond acceptors (Lipinski definition) is 8. The molecule has 3 fully saturated rings. The van der Waals surface area contributed by atoms with Gasteiger partial charge in [0, 0.05) is 23.5 Å². The van der Waals surface area contributed by atoms with E-state index >= 15 is 0 Å². The van der Waals surface area contributed by atoms with E-state index in [1.54, 1.807) is 31.4 Å². The first kappa shape index (κ1) is 28.1. The van der Waals surface area contributed by atoms with E-state index < -0.39 is 23.1 Å². The van der Waals surface area contributed by atoms with Crippen molar-refractivity contribution in [2.45, 2.75) is 57.8 Å². The predicted octanol–water partition coefficient (Wildman–Crippen LogP) is 4.04. The van der Waals surface area contributed by atoms with Gasteiger partial charge >= 0.3 is 0 Å². The number of carbonyl (C=O) groups excluding carboxylic acids is 2. The van der Waals surface area contributed by atoms with Crippen molar-refractivity contribution in [3.05, 3.63) is 71.0 Å². The monoisotopic (exact) mass is 551 g/mol.